The van der Waals surface area contributed by atoms with Crippen molar-refractivity contribution < 1.29 is 13.9 Å². The van der Waals surface area contributed by atoms with Crippen molar-refractivity contribution in [3.05, 3.63) is 28.0 Å². The van der Waals surface area contributed by atoms with Crippen LogP contribution < -0.4 is 0 Å². The van der Waals surface area contributed by atoms with E-state index in [1.54, 1.807) is 0 Å². The molecular weight excluding hydrogens is 232 g/mol. The average Bonchev–Trinajstić information content (AvgIpc) is 2.03. The molecule has 0 saturated heterocycles. The molecule has 0 radical (unpaired) electrons. The Morgan fingerprint density at radius 3 is 2.67 bits per heavy atom. The third kappa shape index (κ3) is 2.22. The molecule has 0 bridgehead atoms. The summed E-state index contributed by atoms with van der Waals surface area (Å²) in [5.41, 5.74) is 0.0978. The molecule has 1 N–H and O–H groups in total. The first-order valence-electron chi connectivity index (χ1n) is 3.19. The number of pyridine rings is 1. The van der Waals surface area contributed by atoms with Gasteiger partial charge in [-0.2, -0.15) is 0 Å². The predicted molar refractivity (Wildman–Crippen MR) is 42.8 cm³/mol. The third-order valence-corrected chi connectivity index (χ3v) is 1.69. The molecule has 1 aromatic heterocycles. The van der Waals surface area contributed by atoms with E-state index in [1.807, 2.05) is 0 Å². The number of nitrogens with zero attached hydrogens (tertiary/aromatic N) is 1. The van der Waals surface area contributed by atoms with Gasteiger partial charge in [0.2, 0.25) is 0 Å². The van der Waals surface area contributed by atoms with Crippen molar-refractivity contribution in [3.8, 4) is 0 Å². The van der Waals surface area contributed by atoms with Crippen LogP contribution in [0, 0.1) is 0 Å². The molecule has 0 amide bonds. The molecule has 0 saturated carbocycles. The van der Waals surface area contributed by atoms with Gasteiger partial charge in [-0.25, -0.2) is 13.8 Å². The SMILES string of the molecule is OCc1cc(C(F)F)cc(Br)n1. The molecule has 0 aliphatic carbocycles. The monoisotopic (exact) mass is 237 g/mol. The van der Waals surface area contributed by atoms with Gasteiger partial charge in [-0.15, -0.1) is 0 Å². The van der Waals surface area contributed by atoms with Gasteiger partial charge in [0.1, 0.15) is 4.60 Å². The molecule has 0 aliphatic heterocycles. The van der Waals surface area contributed by atoms with Crippen molar-refractivity contribution in [2.24, 2.45) is 0 Å². The quantitative estimate of drug-likeness (QED) is 0.801. The van der Waals surface area contributed by atoms with Crippen LogP contribution in [0.4, 0.5) is 8.78 Å². The zero-order chi connectivity index (χ0) is 9.14. The van der Waals surface area contributed by atoms with Crippen molar-refractivity contribution in [1.82, 2.24) is 4.98 Å². The standard InChI is InChI=1S/C7H6BrF2NO/c8-6-2-4(7(9)10)1-5(3-12)11-6/h1-2,7,12H,3H2. The zero-order valence-corrected chi connectivity index (χ0v) is 7.55. The molecule has 66 valence electrons. The summed E-state index contributed by atoms with van der Waals surface area (Å²) in [6.45, 7) is -0.334. The molecule has 1 aromatic rings. The summed E-state index contributed by atoms with van der Waals surface area (Å²) < 4.78 is 24.6. The van der Waals surface area contributed by atoms with Crippen molar-refractivity contribution in [2.45, 2.75) is 13.0 Å². The zero-order valence-electron chi connectivity index (χ0n) is 5.97. The molecule has 1 rings (SSSR count). The Morgan fingerprint density at radius 1 is 1.50 bits per heavy atom. The fraction of sp³-hybridized carbons (Fsp3) is 0.286. The summed E-state index contributed by atoms with van der Waals surface area (Å²) in [6.07, 6.45) is -2.53. The van der Waals surface area contributed by atoms with Crippen molar-refractivity contribution in [3.63, 3.8) is 0 Å². The Kier molecular flexibility index (Phi) is 3.11. The lowest BCUT2D eigenvalue weighted by molar-refractivity contribution is 0.150. The fourth-order valence-electron chi connectivity index (χ4n) is 0.780. The topological polar surface area (TPSA) is 33.1 Å². The summed E-state index contributed by atoms with van der Waals surface area (Å²) in [6, 6.07) is 2.40. The summed E-state index contributed by atoms with van der Waals surface area (Å²) in [5, 5.41) is 8.64. The Labute approximate surface area is 76.4 Å². The van der Waals surface area contributed by atoms with Gasteiger partial charge in [0, 0.05) is 5.56 Å². The maximum absolute atomic E-state index is 12.1. The van der Waals surface area contributed by atoms with Crippen molar-refractivity contribution in [1.29, 1.82) is 0 Å². The third-order valence-electron chi connectivity index (χ3n) is 1.28. The number of hydrogen-bond donors (Lipinski definition) is 1. The first-order valence-corrected chi connectivity index (χ1v) is 3.98. The lowest BCUT2D eigenvalue weighted by atomic mass is 10.2. The van der Waals surface area contributed by atoms with Crippen LogP contribution in [-0.2, 0) is 6.61 Å². The van der Waals surface area contributed by atoms with Crippen LogP contribution in [0.1, 0.15) is 17.7 Å². The van der Waals surface area contributed by atoms with Gasteiger partial charge in [-0.1, -0.05) is 0 Å². The van der Waals surface area contributed by atoms with E-state index in [9.17, 15) is 8.78 Å². The van der Waals surface area contributed by atoms with Crippen molar-refractivity contribution >= 4 is 15.9 Å². The Bertz CT molecular complexity index is 280. The molecule has 5 heteroatoms. The van der Waals surface area contributed by atoms with Crippen LogP contribution in [0.15, 0.2) is 16.7 Å². The number of aromatic nitrogens is 1. The lowest BCUT2D eigenvalue weighted by Gasteiger charge is -2.02. The van der Waals surface area contributed by atoms with E-state index < -0.39 is 6.43 Å². The molecule has 0 aliphatic rings. The van der Waals surface area contributed by atoms with E-state index in [4.69, 9.17) is 5.11 Å². The summed E-state index contributed by atoms with van der Waals surface area (Å²) in [5.74, 6) is 0. The first kappa shape index (κ1) is 9.54. The van der Waals surface area contributed by atoms with Crippen LogP contribution >= 0.6 is 15.9 Å². The van der Waals surface area contributed by atoms with E-state index in [1.165, 1.54) is 12.1 Å². The van der Waals surface area contributed by atoms with E-state index in [0.29, 0.717) is 4.60 Å². The molecule has 0 fully saturated rings. The minimum Gasteiger partial charge on any atom is -0.390 e. The average molecular weight is 238 g/mol. The molecule has 1 heterocycles. The van der Waals surface area contributed by atoms with E-state index in [0.717, 1.165) is 0 Å². The highest BCUT2D eigenvalue weighted by atomic mass is 79.9. The summed E-state index contributed by atoms with van der Waals surface area (Å²) >= 11 is 2.97. The van der Waals surface area contributed by atoms with E-state index in [2.05, 4.69) is 20.9 Å². The van der Waals surface area contributed by atoms with Gasteiger partial charge in [0.25, 0.3) is 6.43 Å². The number of hydrogen-bond acceptors (Lipinski definition) is 2. The number of alkyl halides is 2. The van der Waals surface area contributed by atoms with E-state index >= 15 is 0 Å². The van der Waals surface area contributed by atoms with Crippen molar-refractivity contribution in [2.75, 3.05) is 0 Å². The normalized spacial score (nSPS) is 10.8. The lowest BCUT2D eigenvalue weighted by Crippen LogP contribution is -1.93. The first-order chi connectivity index (χ1) is 5.63. The molecule has 0 aromatic carbocycles. The number of rotatable bonds is 2. The molecule has 0 atom stereocenters. The van der Waals surface area contributed by atoms with Crippen LogP contribution in [0.5, 0.6) is 0 Å². The van der Waals surface area contributed by atoms with Crippen LogP contribution in [0.3, 0.4) is 0 Å². The maximum atomic E-state index is 12.1. The van der Waals surface area contributed by atoms with Gasteiger partial charge < -0.3 is 5.11 Å². The second-order valence-corrected chi connectivity index (χ2v) is 2.99. The molecule has 0 spiro atoms. The molecular formula is C7H6BrF2NO. The summed E-state index contributed by atoms with van der Waals surface area (Å²) in [4.78, 5) is 3.77. The second kappa shape index (κ2) is 3.91. The largest absolute Gasteiger partial charge is 0.390 e. The van der Waals surface area contributed by atoms with Gasteiger partial charge >= 0.3 is 0 Å². The predicted octanol–water partition coefficient (Wildman–Crippen LogP) is 2.27. The Morgan fingerprint density at radius 2 is 2.17 bits per heavy atom. The second-order valence-electron chi connectivity index (χ2n) is 2.17. The fourth-order valence-corrected chi connectivity index (χ4v) is 1.27. The highest BCUT2D eigenvalue weighted by Gasteiger charge is 2.09. The van der Waals surface area contributed by atoms with E-state index in [-0.39, 0.29) is 17.9 Å². The minimum absolute atomic E-state index is 0.138. The van der Waals surface area contributed by atoms with Gasteiger partial charge in [-0.05, 0) is 28.1 Å². The Balaban J connectivity index is 3.06. The number of halogens is 3. The van der Waals surface area contributed by atoms with Gasteiger partial charge in [0.15, 0.2) is 0 Å². The van der Waals surface area contributed by atoms with Crippen LogP contribution in [0.25, 0.3) is 0 Å². The number of aliphatic hydroxyl groups excluding tert-OH is 1. The maximum Gasteiger partial charge on any atom is 0.264 e. The summed E-state index contributed by atoms with van der Waals surface area (Å²) in [7, 11) is 0. The minimum atomic E-state index is -2.53. The van der Waals surface area contributed by atoms with Crippen LogP contribution in [0.2, 0.25) is 0 Å². The number of aliphatic hydroxyl groups is 1. The highest BCUT2D eigenvalue weighted by molar-refractivity contribution is 9.10. The molecule has 12 heavy (non-hydrogen) atoms. The highest BCUT2D eigenvalue weighted by Crippen LogP contribution is 2.22. The molecule has 2 nitrogen and oxygen atoms in total. The smallest absolute Gasteiger partial charge is 0.264 e. The molecule has 0 unspecified atom stereocenters. The van der Waals surface area contributed by atoms with Gasteiger partial charge in [-0.3, -0.25) is 0 Å². The van der Waals surface area contributed by atoms with Crippen LogP contribution in [-0.4, -0.2) is 10.1 Å². The Hall–Kier alpha value is -0.550. The van der Waals surface area contributed by atoms with Gasteiger partial charge in [0.05, 0.1) is 12.3 Å².